The summed E-state index contributed by atoms with van der Waals surface area (Å²) in [5.74, 6) is -0.0829. The second-order valence-corrected chi connectivity index (χ2v) is 4.07. The number of benzene rings is 1. The molecule has 1 aliphatic rings. The van der Waals surface area contributed by atoms with Crippen molar-refractivity contribution in [3.8, 4) is 0 Å². The Morgan fingerprint density at radius 1 is 1.25 bits per heavy atom. The zero-order valence-electron chi connectivity index (χ0n) is 8.60. The SMILES string of the molecule is Nc1[nH][n+](=O)c2cc3c(cc2[n+]1O)CCC3. The molecule has 1 aliphatic carbocycles. The average molecular weight is 220 g/mol. The normalized spacial score (nSPS) is 14.2. The topological polar surface area (TPSA) is 88.9 Å². The molecule has 0 fully saturated rings. The summed E-state index contributed by atoms with van der Waals surface area (Å²) in [6, 6.07) is 3.64. The standard InChI is InChI=1S/C10H11N4O2/c11-10-12-14(16)9-5-7-3-1-2-6(7)4-8(9)13(10)15/h4-5,15H,1-3H2,(H2,11,12,16)/q+1/p+1. The number of hydrogen-bond donors (Lipinski definition) is 3. The lowest BCUT2D eigenvalue weighted by Gasteiger charge is -1.98. The second-order valence-electron chi connectivity index (χ2n) is 4.07. The Labute approximate surface area is 90.5 Å². The predicted octanol–water partition coefficient (Wildman–Crippen LogP) is -0.322. The van der Waals surface area contributed by atoms with Gasteiger partial charge >= 0.3 is 11.5 Å². The van der Waals surface area contributed by atoms with E-state index in [0.29, 0.717) is 15.6 Å². The van der Waals surface area contributed by atoms with Crippen molar-refractivity contribution in [3.05, 3.63) is 28.2 Å². The van der Waals surface area contributed by atoms with Crippen molar-refractivity contribution in [2.24, 2.45) is 0 Å². The van der Waals surface area contributed by atoms with Gasteiger partial charge in [-0.3, -0.25) is 5.73 Å². The molecule has 0 atom stereocenters. The minimum absolute atomic E-state index is 0.0829. The van der Waals surface area contributed by atoms with E-state index in [4.69, 9.17) is 5.73 Å². The van der Waals surface area contributed by atoms with Gasteiger partial charge in [0.2, 0.25) is 10.1 Å². The smallest absolute Gasteiger partial charge is 0.371 e. The number of rotatable bonds is 0. The molecule has 6 heteroatoms. The first-order valence-electron chi connectivity index (χ1n) is 5.18. The van der Waals surface area contributed by atoms with Gasteiger partial charge in [-0.15, -0.1) is 0 Å². The van der Waals surface area contributed by atoms with Crippen molar-refractivity contribution in [1.82, 2.24) is 5.10 Å². The van der Waals surface area contributed by atoms with E-state index in [1.807, 2.05) is 12.1 Å². The maximum atomic E-state index is 11.6. The summed E-state index contributed by atoms with van der Waals surface area (Å²) in [4.78, 5) is 11.6. The Balaban J connectivity index is 2.48. The average Bonchev–Trinajstić information content (AvgIpc) is 2.71. The summed E-state index contributed by atoms with van der Waals surface area (Å²) in [6.07, 6.45) is 3.07. The Kier molecular flexibility index (Phi) is 1.68. The minimum Gasteiger partial charge on any atom is -0.371 e. The fraction of sp³-hybridized carbons (Fsp3) is 0.300. The summed E-state index contributed by atoms with van der Waals surface area (Å²) in [6.45, 7) is 0. The monoisotopic (exact) mass is 220 g/mol. The molecule has 1 aromatic heterocycles. The molecule has 82 valence electrons. The van der Waals surface area contributed by atoms with Gasteiger partial charge < -0.3 is 5.21 Å². The van der Waals surface area contributed by atoms with Gasteiger partial charge in [0.05, 0.1) is 4.91 Å². The van der Waals surface area contributed by atoms with E-state index < -0.39 is 0 Å². The number of nitrogen functional groups attached to an aromatic ring is 1. The van der Waals surface area contributed by atoms with Gasteiger partial charge in [0, 0.05) is 11.2 Å². The number of hydrogen-bond acceptors (Lipinski definition) is 3. The van der Waals surface area contributed by atoms with Crippen LogP contribution in [0.4, 0.5) is 5.95 Å². The molecule has 2 aromatic rings. The van der Waals surface area contributed by atoms with Crippen molar-refractivity contribution in [2.75, 3.05) is 5.73 Å². The van der Waals surface area contributed by atoms with Crippen LogP contribution in [0.15, 0.2) is 12.1 Å². The zero-order chi connectivity index (χ0) is 11.3. The lowest BCUT2D eigenvalue weighted by molar-refractivity contribution is -0.880. The number of nitrogens with two attached hydrogens (primary N) is 1. The quantitative estimate of drug-likeness (QED) is 0.420. The fourth-order valence-corrected chi connectivity index (χ4v) is 2.27. The van der Waals surface area contributed by atoms with Crippen LogP contribution in [0, 0.1) is 4.91 Å². The van der Waals surface area contributed by atoms with E-state index in [9.17, 15) is 10.1 Å². The summed E-state index contributed by atoms with van der Waals surface area (Å²) in [7, 11) is 0. The molecule has 3 rings (SSSR count). The van der Waals surface area contributed by atoms with Gasteiger partial charge in [-0.25, -0.2) is 0 Å². The highest BCUT2D eigenvalue weighted by atomic mass is 16.5. The number of aromatic amines is 1. The van der Waals surface area contributed by atoms with E-state index in [1.165, 1.54) is 11.1 Å². The maximum absolute atomic E-state index is 11.6. The lowest BCUT2D eigenvalue weighted by Crippen LogP contribution is -2.42. The predicted molar refractivity (Wildman–Crippen MR) is 55.5 cm³/mol. The summed E-state index contributed by atoms with van der Waals surface area (Å²) in [5, 5.41) is 12.0. The number of fused-ring (bicyclic) bond motifs is 2. The third-order valence-electron chi connectivity index (χ3n) is 3.08. The minimum atomic E-state index is -0.0829. The number of nitrogens with zero attached hydrogens (tertiary/aromatic N) is 2. The molecular weight excluding hydrogens is 208 g/mol. The van der Waals surface area contributed by atoms with Crippen LogP contribution in [0.1, 0.15) is 17.5 Å². The van der Waals surface area contributed by atoms with E-state index in [-0.39, 0.29) is 5.95 Å². The maximum Gasteiger partial charge on any atom is 0.447 e. The van der Waals surface area contributed by atoms with Crippen molar-refractivity contribution in [2.45, 2.75) is 19.3 Å². The first-order valence-corrected chi connectivity index (χ1v) is 5.18. The van der Waals surface area contributed by atoms with E-state index in [1.54, 1.807) is 0 Å². The molecule has 0 saturated carbocycles. The third kappa shape index (κ3) is 1.09. The van der Waals surface area contributed by atoms with Crippen LogP contribution < -0.4 is 15.0 Å². The molecule has 0 saturated heterocycles. The molecule has 0 spiro atoms. The molecule has 0 bridgehead atoms. The molecule has 1 heterocycles. The highest BCUT2D eigenvalue weighted by Gasteiger charge is 2.24. The van der Waals surface area contributed by atoms with Crippen LogP contribution in [-0.4, -0.2) is 10.3 Å². The van der Waals surface area contributed by atoms with E-state index in [2.05, 4.69) is 5.10 Å². The number of anilines is 1. The Morgan fingerprint density at radius 2 is 1.88 bits per heavy atom. The van der Waals surface area contributed by atoms with Gasteiger partial charge in [0.15, 0.2) is 0 Å². The van der Waals surface area contributed by atoms with Gasteiger partial charge in [-0.2, -0.15) is 0 Å². The van der Waals surface area contributed by atoms with Gasteiger partial charge in [0.25, 0.3) is 0 Å². The van der Waals surface area contributed by atoms with Crippen LogP contribution in [0.3, 0.4) is 0 Å². The van der Waals surface area contributed by atoms with Gasteiger partial charge in [-0.05, 0) is 41.2 Å². The Hall–Kier alpha value is -2.11. The lowest BCUT2D eigenvalue weighted by atomic mass is 10.1. The van der Waals surface area contributed by atoms with Gasteiger partial charge in [-0.1, -0.05) is 0 Å². The summed E-state index contributed by atoms with van der Waals surface area (Å²) in [5.41, 5.74) is 8.66. The number of aromatic nitrogens is 3. The first-order chi connectivity index (χ1) is 7.66. The van der Waals surface area contributed by atoms with Gasteiger partial charge in [0.1, 0.15) is 0 Å². The largest absolute Gasteiger partial charge is 0.447 e. The zero-order valence-corrected chi connectivity index (χ0v) is 8.60. The molecule has 0 amide bonds. The van der Waals surface area contributed by atoms with Crippen LogP contribution in [0.2, 0.25) is 0 Å². The highest BCUT2D eigenvalue weighted by Crippen LogP contribution is 2.24. The van der Waals surface area contributed by atoms with E-state index >= 15 is 0 Å². The molecule has 0 unspecified atom stereocenters. The number of H-pyrrole nitrogens is 1. The Bertz CT molecular complexity index is 647. The van der Waals surface area contributed by atoms with Crippen LogP contribution in [0.5, 0.6) is 0 Å². The molecule has 4 N–H and O–H groups in total. The number of aryl methyl sites for hydroxylation is 2. The molecular formula is C10H12N4O2+2. The highest BCUT2D eigenvalue weighted by molar-refractivity contribution is 5.70. The van der Waals surface area contributed by atoms with Crippen molar-refractivity contribution in [1.29, 1.82) is 0 Å². The molecule has 6 nitrogen and oxygen atoms in total. The van der Waals surface area contributed by atoms with E-state index in [0.717, 1.165) is 24.0 Å². The molecule has 0 radical (unpaired) electrons. The molecule has 1 aromatic carbocycles. The second kappa shape index (κ2) is 2.94. The van der Waals surface area contributed by atoms with Crippen LogP contribution in [0.25, 0.3) is 11.0 Å². The third-order valence-corrected chi connectivity index (χ3v) is 3.08. The van der Waals surface area contributed by atoms with Crippen LogP contribution in [-0.2, 0) is 12.8 Å². The van der Waals surface area contributed by atoms with Crippen molar-refractivity contribution < 1.29 is 14.5 Å². The first kappa shape index (κ1) is 9.14. The number of nitrogens with one attached hydrogen (secondary N) is 1. The fourth-order valence-electron chi connectivity index (χ4n) is 2.27. The summed E-state index contributed by atoms with van der Waals surface area (Å²) < 4.78 is 1.39. The van der Waals surface area contributed by atoms with Crippen molar-refractivity contribution >= 4 is 17.0 Å². The molecule has 16 heavy (non-hydrogen) atoms. The summed E-state index contributed by atoms with van der Waals surface area (Å²) >= 11 is 0. The van der Waals surface area contributed by atoms with Crippen LogP contribution >= 0.6 is 0 Å². The van der Waals surface area contributed by atoms with Crippen molar-refractivity contribution in [3.63, 3.8) is 0 Å². The Morgan fingerprint density at radius 3 is 2.56 bits per heavy atom. The molecule has 0 aliphatic heterocycles.